The molecule has 5 nitrogen and oxygen atoms in total. The third kappa shape index (κ3) is 3.26. The van der Waals surface area contributed by atoms with E-state index in [1.165, 1.54) is 18.2 Å². The zero-order valence-corrected chi connectivity index (χ0v) is 14.6. The Bertz CT molecular complexity index is 835. The van der Waals surface area contributed by atoms with Crippen LogP contribution in [0.15, 0.2) is 36.4 Å². The molecule has 2 aliphatic rings. The van der Waals surface area contributed by atoms with Crippen molar-refractivity contribution >= 4 is 0 Å². The zero-order valence-electron chi connectivity index (χ0n) is 14.6. The molecule has 3 N–H and O–H groups in total. The van der Waals surface area contributed by atoms with Gasteiger partial charge in [0.25, 0.3) is 0 Å². The highest BCUT2D eigenvalue weighted by atomic mass is 19.1. The summed E-state index contributed by atoms with van der Waals surface area (Å²) in [5.74, 6) is -1.39. The molecule has 0 bridgehead atoms. The van der Waals surface area contributed by atoms with E-state index in [9.17, 15) is 24.1 Å². The molecule has 144 valence electrons. The number of hydrogen-bond acceptors (Lipinski definition) is 5. The summed E-state index contributed by atoms with van der Waals surface area (Å²) in [6, 6.07) is 7.75. The first-order valence-electron chi connectivity index (χ1n) is 8.93. The molecule has 0 amide bonds. The topological polar surface area (TPSA) is 73.2 Å². The summed E-state index contributed by atoms with van der Waals surface area (Å²) in [6.07, 6.45) is -0.0991. The van der Waals surface area contributed by atoms with Crippen LogP contribution in [-0.4, -0.2) is 46.0 Å². The maximum absolute atomic E-state index is 13.7. The number of ether oxygens (including phenoxy) is 1. The Kier molecular flexibility index (Phi) is 4.53. The second-order valence-corrected chi connectivity index (χ2v) is 7.24. The molecule has 2 atom stereocenters. The molecule has 2 aromatic rings. The SMILES string of the molecule is Oc1cc2c(cc1F)[C@@H](O)[C@@H](N1CCC(O)(c3ccc(F)cc3)CC1)CO2. The third-order valence-corrected chi connectivity index (χ3v) is 5.65. The Morgan fingerprint density at radius 1 is 1.07 bits per heavy atom. The number of piperidine rings is 1. The van der Waals surface area contributed by atoms with Crippen molar-refractivity contribution in [1.29, 1.82) is 0 Å². The number of rotatable bonds is 2. The number of likely N-dealkylation sites (tertiary alicyclic amines) is 1. The molecule has 2 aliphatic heterocycles. The monoisotopic (exact) mass is 377 g/mol. The van der Waals surface area contributed by atoms with E-state index in [0.29, 0.717) is 37.1 Å². The van der Waals surface area contributed by atoms with Crippen LogP contribution in [0.5, 0.6) is 11.5 Å². The van der Waals surface area contributed by atoms with Gasteiger partial charge in [0, 0.05) is 24.7 Å². The Labute approximate surface area is 155 Å². The number of phenolic OH excluding ortho intramolecular Hbond substituents is 1. The van der Waals surface area contributed by atoms with Gasteiger partial charge in [0.15, 0.2) is 11.6 Å². The first-order chi connectivity index (χ1) is 12.9. The lowest BCUT2D eigenvalue weighted by Gasteiger charge is -2.44. The zero-order chi connectivity index (χ0) is 19.2. The van der Waals surface area contributed by atoms with Crippen LogP contribution < -0.4 is 4.74 Å². The molecule has 0 radical (unpaired) electrons. The summed E-state index contributed by atoms with van der Waals surface area (Å²) in [4.78, 5) is 2.01. The molecule has 2 heterocycles. The fraction of sp³-hybridized carbons (Fsp3) is 0.400. The number of benzene rings is 2. The Morgan fingerprint density at radius 2 is 1.74 bits per heavy atom. The quantitative estimate of drug-likeness (QED) is 0.750. The minimum absolute atomic E-state index is 0.203. The number of fused-ring (bicyclic) bond motifs is 1. The van der Waals surface area contributed by atoms with Crippen LogP contribution >= 0.6 is 0 Å². The van der Waals surface area contributed by atoms with Crippen molar-refractivity contribution in [3.63, 3.8) is 0 Å². The van der Waals surface area contributed by atoms with Gasteiger partial charge in [-0.25, -0.2) is 8.78 Å². The third-order valence-electron chi connectivity index (χ3n) is 5.65. The largest absolute Gasteiger partial charge is 0.505 e. The fourth-order valence-corrected chi connectivity index (χ4v) is 3.97. The van der Waals surface area contributed by atoms with Gasteiger partial charge in [-0.2, -0.15) is 0 Å². The average molecular weight is 377 g/mol. The van der Waals surface area contributed by atoms with E-state index < -0.39 is 23.3 Å². The molecular formula is C20H21F2NO4. The summed E-state index contributed by atoms with van der Waals surface area (Å²) in [7, 11) is 0. The minimum Gasteiger partial charge on any atom is -0.505 e. The van der Waals surface area contributed by atoms with Gasteiger partial charge in [-0.05, 0) is 36.6 Å². The van der Waals surface area contributed by atoms with E-state index in [1.807, 2.05) is 4.90 Å². The normalized spacial score (nSPS) is 24.9. The van der Waals surface area contributed by atoms with Crippen molar-refractivity contribution < 1.29 is 28.8 Å². The predicted octanol–water partition coefficient (Wildman–Crippen LogP) is 2.45. The Balaban J connectivity index is 1.48. The number of aliphatic hydroxyl groups is 2. The number of nitrogens with zero attached hydrogens (tertiary/aromatic N) is 1. The second-order valence-electron chi connectivity index (χ2n) is 7.24. The minimum atomic E-state index is -1.04. The molecule has 0 unspecified atom stereocenters. The van der Waals surface area contributed by atoms with Gasteiger partial charge in [-0.1, -0.05) is 12.1 Å². The van der Waals surface area contributed by atoms with Crippen molar-refractivity contribution in [2.75, 3.05) is 19.7 Å². The molecule has 1 saturated heterocycles. The van der Waals surface area contributed by atoms with Crippen LogP contribution in [0.3, 0.4) is 0 Å². The van der Waals surface area contributed by atoms with Gasteiger partial charge in [-0.15, -0.1) is 0 Å². The van der Waals surface area contributed by atoms with Crippen LogP contribution in [0.4, 0.5) is 8.78 Å². The lowest BCUT2D eigenvalue weighted by Crippen LogP contribution is -2.52. The molecular weight excluding hydrogens is 356 g/mol. The van der Waals surface area contributed by atoms with Crippen LogP contribution in [-0.2, 0) is 5.60 Å². The smallest absolute Gasteiger partial charge is 0.165 e. The van der Waals surface area contributed by atoms with E-state index in [4.69, 9.17) is 4.74 Å². The van der Waals surface area contributed by atoms with Crippen molar-refractivity contribution in [2.24, 2.45) is 0 Å². The second kappa shape index (κ2) is 6.74. The molecule has 0 aliphatic carbocycles. The van der Waals surface area contributed by atoms with Crippen LogP contribution in [0.25, 0.3) is 0 Å². The maximum Gasteiger partial charge on any atom is 0.165 e. The first-order valence-corrected chi connectivity index (χ1v) is 8.93. The van der Waals surface area contributed by atoms with Gasteiger partial charge >= 0.3 is 0 Å². The van der Waals surface area contributed by atoms with Crippen molar-refractivity contribution in [3.05, 3.63) is 59.2 Å². The summed E-state index contributed by atoms with van der Waals surface area (Å²) in [5.41, 5.74) is -0.0617. The number of phenols is 1. The van der Waals surface area contributed by atoms with E-state index in [-0.39, 0.29) is 24.2 Å². The highest BCUT2D eigenvalue weighted by Crippen LogP contribution is 2.40. The first kappa shape index (κ1) is 18.2. The van der Waals surface area contributed by atoms with Crippen LogP contribution in [0.2, 0.25) is 0 Å². The Hall–Kier alpha value is -2.22. The fourth-order valence-electron chi connectivity index (χ4n) is 3.97. The Morgan fingerprint density at radius 3 is 2.41 bits per heavy atom. The molecule has 0 saturated carbocycles. The molecule has 27 heavy (non-hydrogen) atoms. The highest BCUT2D eigenvalue weighted by Gasteiger charge is 2.40. The lowest BCUT2D eigenvalue weighted by molar-refractivity contribution is -0.0666. The van der Waals surface area contributed by atoms with E-state index in [0.717, 1.165) is 6.07 Å². The molecule has 0 aromatic heterocycles. The number of aromatic hydroxyl groups is 1. The lowest BCUT2D eigenvalue weighted by atomic mass is 9.83. The predicted molar refractivity (Wildman–Crippen MR) is 93.4 cm³/mol. The summed E-state index contributed by atoms with van der Waals surface area (Å²) >= 11 is 0. The highest BCUT2D eigenvalue weighted by molar-refractivity contribution is 5.44. The van der Waals surface area contributed by atoms with Gasteiger partial charge in [0.05, 0.1) is 11.6 Å². The van der Waals surface area contributed by atoms with E-state index >= 15 is 0 Å². The van der Waals surface area contributed by atoms with Gasteiger partial charge < -0.3 is 20.1 Å². The van der Waals surface area contributed by atoms with Gasteiger partial charge in [0.2, 0.25) is 0 Å². The summed E-state index contributed by atoms with van der Waals surface area (Å²) in [5, 5.41) is 31.1. The van der Waals surface area contributed by atoms with Gasteiger partial charge in [0.1, 0.15) is 24.3 Å². The number of halogens is 2. The summed E-state index contributed by atoms with van der Waals surface area (Å²) in [6.45, 7) is 1.22. The molecule has 0 spiro atoms. The van der Waals surface area contributed by atoms with Crippen LogP contribution in [0, 0.1) is 11.6 Å². The maximum atomic E-state index is 13.7. The van der Waals surface area contributed by atoms with E-state index in [2.05, 4.69) is 0 Å². The number of hydrogen-bond donors (Lipinski definition) is 3. The van der Waals surface area contributed by atoms with Crippen LogP contribution in [0.1, 0.15) is 30.1 Å². The van der Waals surface area contributed by atoms with Gasteiger partial charge in [-0.3, -0.25) is 4.90 Å². The molecule has 4 rings (SSSR count). The van der Waals surface area contributed by atoms with Crippen molar-refractivity contribution in [1.82, 2.24) is 4.90 Å². The number of aliphatic hydroxyl groups excluding tert-OH is 1. The van der Waals surface area contributed by atoms with Crippen molar-refractivity contribution in [3.8, 4) is 11.5 Å². The standard InChI is InChI=1S/C20H21F2NO4/c21-13-3-1-12(2-4-13)20(26)5-7-23(8-6-20)16-11-27-18-10-17(24)15(22)9-14(18)19(16)25/h1-4,9-10,16,19,24-26H,5-8,11H2/t16-,19+/m0/s1. The average Bonchev–Trinajstić information content (AvgIpc) is 2.65. The molecule has 1 fully saturated rings. The molecule has 2 aromatic carbocycles. The van der Waals surface area contributed by atoms with Crippen molar-refractivity contribution in [2.45, 2.75) is 30.6 Å². The molecule has 7 heteroatoms. The van der Waals surface area contributed by atoms with E-state index in [1.54, 1.807) is 12.1 Å². The summed E-state index contributed by atoms with van der Waals surface area (Å²) < 4.78 is 32.4.